The number of fused-ring (bicyclic) bond motifs is 1. The van der Waals surface area contributed by atoms with Gasteiger partial charge in [0.2, 0.25) is 0 Å². The van der Waals surface area contributed by atoms with Gasteiger partial charge in [-0.3, -0.25) is 4.90 Å². The summed E-state index contributed by atoms with van der Waals surface area (Å²) in [7, 11) is 0. The van der Waals surface area contributed by atoms with Gasteiger partial charge in [0.05, 0.1) is 22.6 Å². The number of thiazole rings is 1. The first-order chi connectivity index (χ1) is 9.72. The van der Waals surface area contributed by atoms with E-state index in [1.54, 1.807) is 23.8 Å². The molecule has 0 atom stereocenters. The molecule has 0 saturated heterocycles. The first kappa shape index (κ1) is 13.1. The van der Waals surface area contributed by atoms with Crippen LogP contribution in [0.2, 0.25) is 5.02 Å². The summed E-state index contributed by atoms with van der Waals surface area (Å²) in [4.78, 5) is 18.8. The van der Waals surface area contributed by atoms with Crippen LogP contribution in [0.15, 0.2) is 36.0 Å². The number of hydrogen-bond acceptors (Lipinski definition) is 4. The largest absolute Gasteiger partial charge is 0.444 e. The highest BCUT2D eigenvalue weighted by Crippen LogP contribution is 2.23. The smallest absolute Gasteiger partial charge is 0.414 e. The summed E-state index contributed by atoms with van der Waals surface area (Å²) in [6, 6.07) is 7.26. The van der Waals surface area contributed by atoms with E-state index < -0.39 is 0 Å². The number of ether oxygens (including phenoxy) is 1. The Morgan fingerprint density at radius 3 is 3.25 bits per heavy atom. The van der Waals surface area contributed by atoms with Crippen molar-refractivity contribution in [2.24, 2.45) is 0 Å². The van der Waals surface area contributed by atoms with Gasteiger partial charge in [-0.1, -0.05) is 23.7 Å². The van der Waals surface area contributed by atoms with Crippen molar-refractivity contribution in [3.05, 3.63) is 57.1 Å². The van der Waals surface area contributed by atoms with Crippen molar-refractivity contribution in [3.63, 3.8) is 0 Å². The molecule has 3 rings (SSSR count). The summed E-state index contributed by atoms with van der Waals surface area (Å²) in [5.41, 5.74) is 3.56. The predicted molar refractivity (Wildman–Crippen MR) is 78.3 cm³/mol. The highest BCUT2D eigenvalue weighted by atomic mass is 35.5. The molecular formula is C14H11ClN2O2S. The topological polar surface area (TPSA) is 42.4 Å². The van der Waals surface area contributed by atoms with Crippen LogP contribution in [-0.4, -0.2) is 16.0 Å². The number of rotatable bonds is 2. The van der Waals surface area contributed by atoms with E-state index in [1.165, 1.54) is 16.2 Å². The summed E-state index contributed by atoms with van der Waals surface area (Å²) >= 11 is 7.42. The van der Waals surface area contributed by atoms with Crippen LogP contribution in [0.5, 0.6) is 0 Å². The first-order valence-electron chi connectivity index (χ1n) is 6.01. The third-order valence-corrected chi connectivity index (χ3v) is 3.95. The van der Waals surface area contributed by atoms with Gasteiger partial charge in [-0.05, 0) is 23.8 Å². The van der Waals surface area contributed by atoms with E-state index in [4.69, 9.17) is 16.3 Å². The quantitative estimate of drug-likeness (QED) is 0.844. The van der Waals surface area contributed by atoms with Crippen LogP contribution in [0.25, 0.3) is 6.08 Å². The summed E-state index contributed by atoms with van der Waals surface area (Å²) in [6.07, 6.45) is 3.14. The van der Waals surface area contributed by atoms with Crippen LogP contribution in [0, 0.1) is 0 Å². The molecule has 1 aromatic heterocycles. The predicted octanol–water partition coefficient (Wildman–Crippen LogP) is 3.92. The number of halogens is 1. The van der Waals surface area contributed by atoms with Crippen LogP contribution in [0.4, 0.5) is 4.79 Å². The van der Waals surface area contributed by atoms with E-state index in [0.717, 1.165) is 16.1 Å². The Kier molecular flexibility index (Phi) is 3.71. The van der Waals surface area contributed by atoms with Crippen molar-refractivity contribution < 1.29 is 9.53 Å². The van der Waals surface area contributed by atoms with Crippen molar-refractivity contribution in [2.75, 3.05) is 0 Å². The fraction of sp³-hybridized carbons (Fsp3) is 0.143. The van der Waals surface area contributed by atoms with Crippen molar-refractivity contribution >= 4 is 35.1 Å². The second kappa shape index (κ2) is 5.64. The molecule has 1 aromatic carbocycles. The molecule has 0 unspecified atom stereocenters. The lowest BCUT2D eigenvalue weighted by molar-refractivity contribution is 0.109. The SMILES string of the molecule is O=C(OCc1cccc(Cl)c1)N1C=Cc2ncsc2C1. The molecule has 1 amide bonds. The highest BCUT2D eigenvalue weighted by molar-refractivity contribution is 7.09. The molecule has 2 heterocycles. The van der Waals surface area contributed by atoms with E-state index in [0.29, 0.717) is 11.6 Å². The molecule has 4 nitrogen and oxygen atoms in total. The van der Waals surface area contributed by atoms with Crippen LogP contribution >= 0.6 is 22.9 Å². The normalized spacial score (nSPS) is 13.2. The molecule has 102 valence electrons. The molecule has 0 N–H and O–H groups in total. The van der Waals surface area contributed by atoms with Gasteiger partial charge in [-0.15, -0.1) is 11.3 Å². The number of hydrogen-bond donors (Lipinski definition) is 0. The van der Waals surface area contributed by atoms with Crippen molar-refractivity contribution in [1.29, 1.82) is 0 Å². The van der Waals surface area contributed by atoms with E-state index in [2.05, 4.69) is 4.98 Å². The fourth-order valence-corrected chi connectivity index (χ4v) is 2.84. The molecule has 0 radical (unpaired) electrons. The average molecular weight is 307 g/mol. The molecule has 1 aliphatic heterocycles. The maximum absolute atomic E-state index is 12.0. The number of carbonyl (C=O) groups is 1. The van der Waals surface area contributed by atoms with Crippen molar-refractivity contribution in [1.82, 2.24) is 9.88 Å². The number of benzene rings is 1. The Labute approximate surface area is 125 Å². The highest BCUT2D eigenvalue weighted by Gasteiger charge is 2.19. The maximum Gasteiger partial charge on any atom is 0.414 e. The van der Waals surface area contributed by atoms with Gasteiger partial charge in [-0.25, -0.2) is 9.78 Å². The Morgan fingerprint density at radius 2 is 2.40 bits per heavy atom. The molecule has 20 heavy (non-hydrogen) atoms. The van der Waals surface area contributed by atoms with Crippen LogP contribution in [0.1, 0.15) is 16.1 Å². The molecule has 0 aliphatic carbocycles. The minimum Gasteiger partial charge on any atom is -0.444 e. The lowest BCUT2D eigenvalue weighted by Crippen LogP contribution is -2.27. The fourth-order valence-electron chi connectivity index (χ4n) is 1.88. The summed E-state index contributed by atoms with van der Waals surface area (Å²) < 4.78 is 5.28. The molecule has 0 fully saturated rings. The van der Waals surface area contributed by atoms with E-state index in [-0.39, 0.29) is 12.7 Å². The van der Waals surface area contributed by atoms with Crippen molar-refractivity contribution in [2.45, 2.75) is 13.2 Å². The lowest BCUT2D eigenvalue weighted by atomic mass is 10.2. The molecular weight excluding hydrogens is 296 g/mol. The summed E-state index contributed by atoms with van der Waals surface area (Å²) in [6.45, 7) is 0.712. The Balaban J connectivity index is 1.60. The maximum atomic E-state index is 12.0. The van der Waals surface area contributed by atoms with Crippen LogP contribution in [-0.2, 0) is 17.9 Å². The standard InChI is InChI=1S/C14H11ClN2O2S/c15-11-3-1-2-10(6-11)8-19-14(18)17-5-4-12-13(7-17)20-9-16-12/h1-6,9H,7-8H2. The summed E-state index contributed by atoms with van der Waals surface area (Å²) in [5, 5.41) is 0.630. The van der Waals surface area contributed by atoms with Gasteiger partial charge in [0.15, 0.2) is 0 Å². The Bertz CT molecular complexity index is 669. The molecule has 2 aromatic rings. The second-order valence-corrected chi connectivity index (χ2v) is 5.66. The van der Waals surface area contributed by atoms with E-state index >= 15 is 0 Å². The Hall–Kier alpha value is -1.85. The third-order valence-electron chi connectivity index (χ3n) is 2.88. The van der Waals surface area contributed by atoms with Crippen LogP contribution < -0.4 is 0 Å². The second-order valence-electron chi connectivity index (χ2n) is 4.29. The third kappa shape index (κ3) is 2.84. The number of nitrogens with zero attached hydrogens (tertiary/aromatic N) is 2. The minimum atomic E-state index is -0.375. The summed E-state index contributed by atoms with van der Waals surface area (Å²) in [5.74, 6) is 0. The van der Waals surface area contributed by atoms with E-state index in [9.17, 15) is 4.79 Å². The zero-order valence-corrected chi connectivity index (χ0v) is 12.0. The lowest BCUT2D eigenvalue weighted by Gasteiger charge is -2.20. The number of carbonyl (C=O) groups excluding carboxylic acids is 1. The van der Waals surface area contributed by atoms with Gasteiger partial charge in [0, 0.05) is 11.2 Å². The van der Waals surface area contributed by atoms with Gasteiger partial charge in [0.25, 0.3) is 0 Å². The van der Waals surface area contributed by atoms with Crippen molar-refractivity contribution in [3.8, 4) is 0 Å². The van der Waals surface area contributed by atoms with E-state index in [1.807, 2.05) is 18.2 Å². The molecule has 0 saturated carbocycles. The molecule has 6 heteroatoms. The number of amides is 1. The average Bonchev–Trinajstić information content (AvgIpc) is 2.92. The minimum absolute atomic E-state index is 0.208. The zero-order chi connectivity index (χ0) is 13.9. The van der Waals surface area contributed by atoms with Gasteiger partial charge < -0.3 is 4.74 Å². The zero-order valence-electron chi connectivity index (χ0n) is 10.5. The van der Waals surface area contributed by atoms with Crippen LogP contribution in [0.3, 0.4) is 0 Å². The van der Waals surface area contributed by atoms with Gasteiger partial charge in [-0.2, -0.15) is 0 Å². The number of aromatic nitrogens is 1. The Morgan fingerprint density at radius 1 is 1.50 bits per heavy atom. The molecule has 0 spiro atoms. The monoisotopic (exact) mass is 306 g/mol. The molecule has 1 aliphatic rings. The first-order valence-corrected chi connectivity index (χ1v) is 7.26. The molecule has 0 bridgehead atoms. The van der Waals surface area contributed by atoms with Gasteiger partial charge >= 0.3 is 6.09 Å². The van der Waals surface area contributed by atoms with Gasteiger partial charge in [0.1, 0.15) is 6.61 Å².